The number of sulfone groups is 1. The zero-order valence-electron chi connectivity index (χ0n) is 24.7. The van der Waals surface area contributed by atoms with Crippen LogP contribution in [0.1, 0.15) is 31.2 Å². The van der Waals surface area contributed by atoms with Crippen LogP contribution in [0.4, 0.5) is 15.9 Å². The highest BCUT2D eigenvalue weighted by Crippen LogP contribution is 2.33. The molecule has 1 N–H and O–H groups in total. The smallest absolute Gasteiger partial charge is 0.149 e. The normalized spacial score (nSPS) is 12.8. The molecule has 226 valence electrons. The number of hydrogen-bond donors (Lipinski definition) is 1. The van der Waals surface area contributed by atoms with Crippen molar-refractivity contribution >= 4 is 43.1 Å². The number of hydrogen-bond acceptors (Lipinski definition) is 8. The third kappa shape index (κ3) is 6.34. The largest absolute Gasteiger partial charge is 0.459 e. The molecule has 0 saturated carbocycles. The molecule has 0 aliphatic rings. The maximum Gasteiger partial charge on any atom is 0.149 e. The van der Waals surface area contributed by atoms with E-state index in [0.717, 1.165) is 38.6 Å². The van der Waals surface area contributed by atoms with E-state index in [2.05, 4.69) is 25.3 Å². The van der Waals surface area contributed by atoms with Gasteiger partial charge in [0.25, 0.3) is 0 Å². The summed E-state index contributed by atoms with van der Waals surface area (Å²) in [5, 5.41) is 9.68. The van der Waals surface area contributed by atoms with Gasteiger partial charge in [-0.3, -0.25) is 9.58 Å². The molecule has 6 aromatic rings. The fourth-order valence-electron chi connectivity index (χ4n) is 5.55. The van der Waals surface area contributed by atoms with Gasteiger partial charge in [-0.2, -0.15) is 5.10 Å². The Morgan fingerprint density at radius 3 is 2.61 bits per heavy atom. The second-order valence-corrected chi connectivity index (χ2v) is 13.0. The summed E-state index contributed by atoms with van der Waals surface area (Å²) in [6, 6.07) is 21.6. The van der Waals surface area contributed by atoms with Gasteiger partial charge in [0.1, 0.15) is 39.3 Å². The molecule has 44 heavy (non-hydrogen) atoms. The van der Waals surface area contributed by atoms with Gasteiger partial charge in [-0.1, -0.05) is 26.0 Å². The van der Waals surface area contributed by atoms with Gasteiger partial charge in [0, 0.05) is 28.3 Å². The maximum atomic E-state index is 13.7. The van der Waals surface area contributed by atoms with Crippen molar-refractivity contribution in [2.24, 2.45) is 0 Å². The van der Waals surface area contributed by atoms with Crippen molar-refractivity contribution in [3.63, 3.8) is 0 Å². The minimum Gasteiger partial charge on any atom is -0.459 e. The highest BCUT2D eigenvalue weighted by molar-refractivity contribution is 7.90. The summed E-state index contributed by atoms with van der Waals surface area (Å²) in [7, 11) is -3.23. The highest BCUT2D eigenvalue weighted by Gasteiger charge is 2.26. The van der Waals surface area contributed by atoms with E-state index in [1.54, 1.807) is 12.3 Å². The zero-order chi connectivity index (χ0) is 30.8. The predicted octanol–water partition coefficient (Wildman–Crippen LogP) is 6.60. The van der Waals surface area contributed by atoms with E-state index in [9.17, 15) is 12.8 Å². The summed E-state index contributed by atoms with van der Waals surface area (Å²) in [5.74, 6) is 1.59. The van der Waals surface area contributed by atoms with Crippen LogP contribution in [0.2, 0.25) is 0 Å². The quantitative estimate of drug-likeness (QED) is 0.175. The summed E-state index contributed by atoms with van der Waals surface area (Å²) in [4.78, 5) is 11.0. The number of halogens is 1. The van der Waals surface area contributed by atoms with Gasteiger partial charge in [-0.05, 0) is 79.3 Å². The molecule has 0 amide bonds. The first kappa shape index (κ1) is 29.5. The first-order valence-electron chi connectivity index (χ1n) is 14.4. The minimum atomic E-state index is -3.23. The van der Waals surface area contributed by atoms with Gasteiger partial charge in [0.15, 0.2) is 0 Å². The molecule has 0 fully saturated rings. The maximum absolute atomic E-state index is 13.7. The van der Waals surface area contributed by atoms with E-state index in [4.69, 9.17) is 4.42 Å². The van der Waals surface area contributed by atoms with Gasteiger partial charge >= 0.3 is 0 Å². The molecule has 1 unspecified atom stereocenters. The monoisotopic (exact) mass is 612 g/mol. The molecule has 11 heteroatoms. The SMILES string of the molecule is CCN(CC)C(CS(C)(=O)=O)c1ccc(-c2ccc3ncnc(Nc4ccc5c(cnn5Cc5cccc(F)c5)c4)c3c2)o1. The Bertz CT molecular complexity index is 2050. The van der Waals surface area contributed by atoms with Crippen molar-refractivity contribution in [2.75, 3.05) is 30.4 Å². The van der Waals surface area contributed by atoms with Crippen LogP contribution in [0.15, 0.2) is 89.7 Å². The fourth-order valence-corrected chi connectivity index (χ4v) is 6.50. The number of rotatable bonds is 11. The minimum absolute atomic E-state index is 0.0185. The van der Waals surface area contributed by atoms with Crippen LogP contribution in [-0.4, -0.2) is 58.2 Å². The Labute approximate surface area is 255 Å². The van der Waals surface area contributed by atoms with E-state index >= 15 is 0 Å². The molecule has 3 aromatic heterocycles. The molecule has 6 rings (SSSR count). The molecule has 0 spiro atoms. The molecule has 1 atom stereocenters. The molecule has 3 heterocycles. The van der Waals surface area contributed by atoms with Gasteiger partial charge in [-0.25, -0.2) is 22.8 Å². The lowest BCUT2D eigenvalue weighted by Crippen LogP contribution is -2.32. The van der Waals surface area contributed by atoms with Crippen molar-refractivity contribution in [3.8, 4) is 11.3 Å². The summed E-state index contributed by atoms with van der Waals surface area (Å²) < 4.78 is 46.2. The summed E-state index contributed by atoms with van der Waals surface area (Å²) in [5.41, 5.74) is 4.19. The number of furan rings is 1. The van der Waals surface area contributed by atoms with Crippen LogP contribution in [-0.2, 0) is 16.4 Å². The molecular weight excluding hydrogens is 579 g/mol. The molecule has 0 saturated heterocycles. The van der Waals surface area contributed by atoms with Crippen LogP contribution in [0.25, 0.3) is 33.1 Å². The summed E-state index contributed by atoms with van der Waals surface area (Å²) in [6.07, 6.45) is 4.56. The fraction of sp³-hybridized carbons (Fsp3) is 0.242. The summed E-state index contributed by atoms with van der Waals surface area (Å²) >= 11 is 0. The van der Waals surface area contributed by atoms with Crippen molar-refractivity contribution in [2.45, 2.75) is 26.4 Å². The lowest BCUT2D eigenvalue weighted by atomic mass is 10.1. The number of nitrogens with one attached hydrogen (secondary N) is 1. The van der Waals surface area contributed by atoms with Gasteiger partial charge in [-0.15, -0.1) is 0 Å². The van der Waals surface area contributed by atoms with Crippen molar-refractivity contribution < 1.29 is 17.2 Å². The van der Waals surface area contributed by atoms with Crippen LogP contribution >= 0.6 is 0 Å². The Morgan fingerprint density at radius 2 is 1.84 bits per heavy atom. The van der Waals surface area contributed by atoms with E-state index in [-0.39, 0.29) is 17.6 Å². The van der Waals surface area contributed by atoms with Crippen molar-refractivity contribution in [1.29, 1.82) is 0 Å². The van der Waals surface area contributed by atoms with Gasteiger partial charge < -0.3 is 9.73 Å². The van der Waals surface area contributed by atoms with Crippen LogP contribution in [0.5, 0.6) is 0 Å². The Hall–Kier alpha value is -4.61. The second-order valence-electron chi connectivity index (χ2n) is 10.8. The van der Waals surface area contributed by atoms with Crippen LogP contribution in [0.3, 0.4) is 0 Å². The lowest BCUT2D eigenvalue weighted by Gasteiger charge is -2.27. The van der Waals surface area contributed by atoms with E-state index in [0.29, 0.717) is 37.0 Å². The zero-order valence-corrected chi connectivity index (χ0v) is 25.6. The number of aromatic nitrogens is 4. The van der Waals surface area contributed by atoms with Crippen molar-refractivity contribution in [1.82, 2.24) is 24.6 Å². The van der Waals surface area contributed by atoms with Gasteiger partial charge in [0.05, 0.1) is 35.6 Å². The molecule has 0 radical (unpaired) electrons. The molecule has 3 aromatic carbocycles. The van der Waals surface area contributed by atoms with Crippen LogP contribution < -0.4 is 5.32 Å². The average molecular weight is 613 g/mol. The van der Waals surface area contributed by atoms with E-state index in [1.807, 2.05) is 73.1 Å². The highest BCUT2D eigenvalue weighted by atomic mass is 32.2. The van der Waals surface area contributed by atoms with E-state index in [1.165, 1.54) is 24.7 Å². The molecule has 0 bridgehead atoms. The Kier molecular flexibility index (Phi) is 8.15. The third-order valence-electron chi connectivity index (χ3n) is 7.71. The molecule has 0 aliphatic carbocycles. The Balaban J connectivity index is 1.28. The topological polar surface area (TPSA) is 106 Å². The second kappa shape index (κ2) is 12.2. The molecule has 9 nitrogen and oxygen atoms in total. The van der Waals surface area contributed by atoms with Gasteiger partial charge in [0.2, 0.25) is 0 Å². The molecular formula is C33H33FN6O3S. The molecule has 0 aliphatic heterocycles. The number of benzene rings is 3. The average Bonchev–Trinajstić information content (AvgIpc) is 3.64. The first-order valence-corrected chi connectivity index (χ1v) is 16.5. The van der Waals surface area contributed by atoms with E-state index < -0.39 is 9.84 Å². The number of nitrogens with zero attached hydrogens (tertiary/aromatic N) is 5. The lowest BCUT2D eigenvalue weighted by molar-refractivity contribution is 0.210. The summed E-state index contributed by atoms with van der Waals surface area (Å²) in [6.45, 7) is 5.89. The number of anilines is 2. The van der Waals surface area contributed by atoms with Crippen molar-refractivity contribution in [3.05, 3.63) is 102 Å². The predicted molar refractivity (Wildman–Crippen MR) is 171 cm³/mol. The standard InChI is InChI=1S/C33H33FN6O3S/c1-4-39(5-2)30(20-44(3,41)42)32-14-13-31(43-32)23-9-11-28-27(17-23)33(36-21-35-28)38-26-10-12-29-24(16-26)18-37-40(29)19-22-7-6-8-25(34)15-22/h6-18,21,30H,4-5,19-20H2,1-3H3,(H,35,36,38). The first-order chi connectivity index (χ1) is 21.2. The Morgan fingerprint density at radius 1 is 1.00 bits per heavy atom. The third-order valence-corrected chi connectivity index (χ3v) is 8.64. The number of fused-ring (bicyclic) bond motifs is 2. The van der Waals surface area contributed by atoms with Crippen LogP contribution in [0, 0.1) is 5.82 Å².